The van der Waals surface area contributed by atoms with E-state index in [2.05, 4.69) is 41.2 Å². The van der Waals surface area contributed by atoms with E-state index in [1.807, 2.05) is 42.5 Å². The maximum Gasteiger partial charge on any atom is 0.259 e. The summed E-state index contributed by atoms with van der Waals surface area (Å²) in [7, 11) is 0. The molecule has 1 N–H and O–H groups in total. The summed E-state index contributed by atoms with van der Waals surface area (Å²) in [6.07, 6.45) is 0. The Hall–Kier alpha value is -3.40. The van der Waals surface area contributed by atoms with Gasteiger partial charge in [-0.05, 0) is 36.8 Å². The fourth-order valence-corrected chi connectivity index (χ4v) is 2.81. The molecule has 0 aliphatic rings. The summed E-state index contributed by atoms with van der Waals surface area (Å²) in [5, 5.41) is 0.586. The van der Waals surface area contributed by atoms with E-state index in [9.17, 15) is 4.79 Å². The highest BCUT2D eigenvalue weighted by atomic mass is 16.5. The molecule has 128 valence electrons. The van der Waals surface area contributed by atoms with Crippen LogP contribution in [-0.2, 0) is 6.61 Å². The summed E-state index contributed by atoms with van der Waals surface area (Å²) in [5.74, 6) is 1.27. The van der Waals surface area contributed by atoms with Gasteiger partial charge < -0.3 is 9.72 Å². The molecule has 0 radical (unpaired) electrons. The van der Waals surface area contributed by atoms with Gasteiger partial charge in [-0.15, -0.1) is 0 Å². The second kappa shape index (κ2) is 6.84. The Labute approximate surface area is 151 Å². The molecule has 0 bridgehead atoms. The number of rotatable bonds is 4. The summed E-state index contributed by atoms with van der Waals surface area (Å²) >= 11 is 0. The van der Waals surface area contributed by atoms with Crippen molar-refractivity contribution < 1.29 is 4.74 Å². The molecule has 26 heavy (non-hydrogen) atoms. The van der Waals surface area contributed by atoms with Gasteiger partial charge in [0.15, 0.2) is 0 Å². The molecule has 0 amide bonds. The number of nitrogens with zero attached hydrogens (tertiary/aromatic N) is 1. The maximum atomic E-state index is 12.3. The number of aromatic amines is 1. The van der Waals surface area contributed by atoms with Crippen molar-refractivity contribution in [3.8, 4) is 17.1 Å². The molecule has 3 aromatic carbocycles. The third kappa shape index (κ3) is 3.35. The van der Waals surface area contributed by atoms with Crippen LogP contribution in [-0.4, -0.2) is 9.97 Å². The molecule has 0 saturated carbocycles. The first kappa shape index (κ1) is 16.1. The molecule has 4 nitrogen and oxygen atoms in total. The first-order valence-corrected chi connectivity index (χ1v) is 8.47. The van der Waals surface area contributed by atoms with Crippen molar-refractivity contribution in [3.63, 3.8) is 0 Å². The lowest BCUT2D eigenvalue weighted by atomic mass is 10.1. The SMILES string of the molecule is Cc1ccc(COc2cccc(-c3nc4ccccc4c(=O)[nH]3)c2)cc1. The smallest absolute Gasteiger partial charge is 0.259 e. The average Bonchev–Trinajstić information content (AvgIpc) is 2.68. The number of fused-ring (bicyclic) bond motifs is 1. The topological polar surface area (TPSA) is 55.0 Å². The van der Waals surface area contributed by atoms with Gasteiger partial charge in [-0.25, -0.2) is 4.98 Å². The van der Waals surface area contributed by atoms with Crippen LogP contribution in [0.15, 0.2) is 77.6 Å². The molecule has 0 saturated heterocycles. The maximum absolute atomic E-state index is 12.3. The lowest BCUT2D eigenvalue weighted by Crippen LogP contribution is -2.09. The highest BCUT2D eigenvalue weighted by Crippen LogP contribution is 2.22. The van der Waals surface area contributed by atoms with Crippen LogP contribution in [0.4, 0.5) is 0 Å². The van der Waals surface area contributed by atoms with Crippen LogP contribution in [0.1, 0.15) is 11.1 Å². The van der Waals surface area contributed by atoms with E-state index in [0.29, 0.717) is 23.3 Å². The number of hydrogen-bond donors (Lipinski definition) is 1. The summed E-state index contributed by atoms with van der Waals surface area (Å²) in [4.78, 5) is 19.7. The van der Waals surface area contributed by atoms with E-state index in [4.69, 9.17) is 4.74 Å². The third-order valence-corrected chi connectivity index (χ3v) is 4.25. The summed E-state index contributed by atoms with van der Waals surface area (Å²) in [6, 6.07) is 23.2. The van der Waals surface area contributed by atoms with Crippen molar-refractivity contribution in [2.24, 2.45) is 0 Å². The van der Waals surface area contributed by atoms with Gasteiger partial charge in [0.2, 0.25) is 0 Å². The quantitative estimate of drug-likeness (QED) is 0.595. The fraction of sp³-hybridized carbons (Fsp3) is 0.0909. The van der Waals surface area contributed by atoms with E-state index in [0.717, 1.165) is 16.9 Å². The Bertz CT molecular complexity index is 1110. The van der Waals surface area contributed by atoms with Gasteiger partial charge in [0, 0.05) is 5.56 Å². The third-order valence-electron chi connectivity index (χ3n) is 4.25. The van der Waals surface area contributed by atoms with E-state index >= 15 is 0 Å². The Morgan fingerprint density at radius 1 is 0.962 bits per heavy atom. The highest BCUT2D eigenvalue weighted by molar-refractivity contribution is 5.79. The van der Waals surface area contributed by atoms with Gasteiger partial charge in [-0.1, -0.05) is 54.1 Å². The zero-order chi connectivity index (χ0) is 17.9. The van der Waals surface area contributed by atoms with Gasteiger partial charge >= 0.3 is 0 Å². The molecule has 0 aliphatic carbocycles. The van der Waals surface area contributed by atoms with E-state index in [1.165, 1.54) is 5.56 Å². The lowest BCUT2D eigenvalue weighted by Gasteiger charge is -2.09. The molecule has 0 spiro atoms. The predicted molar refractivity (Wildman–Crippen MR) is 103 cm³/mol. The van der Waals surface area contributed by atoms with Gasteiger partial charge in [0.05, 0.1) is 10.9 Å². The van der Waals surface area contributed by atoms with Crippen LogP contribution in [0.3, 0.4) is 0 Å². The molecule has 0 atom stereocenters. The highest BCUT2D eigenvalue weighted by Gasteiger charge is 2.07. The monoisotopic (exact) mass is 342 g/mol. The van der Waals surface area contributed by atoms with Crippen molar-refractivity contribution in [2.75, 3.05) is 0 Å². The van der Waals surface area contributed by atoms with Gasteiger partial charge in [0.1, 0.15) is 18.2 Å². The Morgan fingerprint density at radius 2 is 1.77 bits per heavy atom. The normalized spacial score (nSPS) is 10.8. The summed E-state index contributed by atoms with van der Waals surface area (Å²) in [6.45, 7) is 2.55. The fourth-order valence-electron chi connectivity index (χ4n) is 2.81. The van der Waals surface area contributed by atoms with Crippen LogP contribution in [0, 0.1) is 6.92 Å². The molecule has 4 aromatic rings. The molecule has 4 heteroatoms. The number of hydrogen-bond acceptors (Lipinski definition) is 3. The van der Waals surface area contributed by atoms with Crippen molar-refractivity contribution in [2.45, 2.75) is 13.5 Å². The molecular weight excluding hydrogens is 324 g/mol. The summed E-state index contributed by atoms with van der Waals surface area (Å²) < 4.78 is 5.89. The minimum absolute atomic E-state index is 0.142. The van der Waals surface area contributed by atoms with Crippen LogP contribution in [0.25, 0.3) is 22.3 Å². The van der Waals surface area contributed by atoms with E-state index < -0.39 is 0 Å². The molecule has 0 fully saturated rings. The van der Waals surface area contributed by atoms with Crippen molar-refractivity contribution in [1.82, 2.24) is 9.97 Å². The number of aromatic nitrogens is 2. The Morgan fingerprint density at radius 3 is 2.62 bits per heavy atom. The minimum atomic E-state index is -0.142. The van der Waals surface area contributed by atoms with Crippen LogP contribution in [0.5, 0.6) is 5.75 Å². The molecule has 4 rings (SSSR count). The molecule has 1 heterocycles. The molecule has 0 aliphatic heterocycles. The van der Waals surface area contributed by atoms with Gasteiger partial charge in [-0.3, -0.25) is 4.79 Å². The summed E-state index contributed by atoms with van der Waals surface area (Å²) in [5.41, 5.74) is 3.68. The van der Waals surface area contributed by atoms with Crippen LogP contribution < -0.4 is 10.3 Å². The first-order valence-electron chi connectivity index (χ1n) is 8.47. The first-order chi connectivity index (χ1) is 12.7. The number of benzene rings is 3. The van der Waals surface area contributed by atoms with E-state index in [1.54, 1.807) is 6.07 Å². The molecule has 1 aromatic heterocycles. The number of para-hydroxylation sites is 1. The van der Waals surface area contributed by atoms with Crippen molar-refractivity contribution in [1.29, 1.82) is 0 Å². The number of H-pyrrole nitrogens is 1. The second-order valence-electron chi connectivity index (χ2n) is 6.23. The zero-order valence-corrected chi connectivity index (χ0v) is 14.4. The van der Waals surface area contributed by atoms with Crippen molar-refractivity contribution >= 4 is 10.9 Å². The predicted octanol–water partition coefficient (Wildman–Crippen LogP) is 4.48. The largest absolute Gasteiger partial charge is 0.489 e. The Balaban J connectivity index is 1.61. The van der Waals surface area contributed by atoms with Gasteiger partial charge in [0.25, 0.3) is 5.56 Å². The lowest BCUT2D eigenvalue weighted by molar-refractivity contribution is 0.306. The van der Waals surface area contributed by atoms with Crippen molar-refractivity contribution in [3.05, 3.63) is 94.3 Å². The zero-order valence-electron chi connectivity index (χ0n) is 14.4. The molecule has 0 unspecified atom stereocenters. The van der Waals surface area contributed by atoms with Crippen LogP contribution >= 0.6 is 0 Å². The van der Waals surface area contributed by atoms with Gasteiger partial charge in [-0.2, -0.15) is 0 Å². The van der Waals surface area contributed by atoms with E-state index in [-0.39, 0.29) is 5.56 Å². The second-order valence-corrected chi connectivity index (χ2v) is 6.23. The number of nitrogens with one attached hydrogen (secondary N) is 1. The Kier molecular flexibility index (Phi) is 4.23. The minimum Gasteiger partial charge on any atom is -0.489 e. The van der Waals surface area contributed by atoms with Crippen LogP contribution in [0.2, 0.25) is 0 Å². The molecular formula is C22H18N2O2. The average molecular weight is 342 g/mol. The standard InChI is InChI=1S/C22H18N2O2/c1-15-9-11-16(12-10-15)14-26-18-6-4-5-17(13-18)21-23-20-8-3-2-7-19(20)22(25)24-21/h2-13H,14H2,1H3,(H,23,24,25). The number of aryl methyl sites for hydroxylation is 1. The number of ether oxygens (including phenoxy) is 1.